The molecule has 0 atom stereocenters. The van der Waals surface area contributed by atoms with Gasteiger partial charge < -0.3 is 14.4 Å². The predicted molar refractivity (Wildman–Crippen MR) is 189 cm³/mol. The molecule has 11 heteroatoms. The number of methoxy groups -OCH3 is 2. The summed E-state index contributed by atoms with van der Waals surface area (Å²) in [7, 11) is 3.15. The van der Waals surface area contributed by atoms with Gasteiger partial charge in [-0.25, -0.2) is 4.98 Å². The molecule has 1 aliphatic heterocycles. The number of anilines is 1. The highest BCUT2D eigenvalue weighted by atomic mass is 32.1. The molecule has 4 rings (SSSR count). The van der Waals surface area contributed by atoms with E-state index in [-0.39, 0.29) is 16.7 Å². The van der Waals surface area contributed by atoms with Gasteiger partial charge in [0, 0.05) is 24.2 Å². The summed E-state index contributed by atoms with van der Waals surface area (Å²) >= 11 is 1.42. The summed E-state index contributed by atoms with van der Waals surface area (Å²) in [6, 6.07) is 15.8. The van der Waals surface area contributed by atoms with Crippen LogP contribution in [-0.2, 0) is 9.59 Å². The van der Waals surface area contributed by atoms with E-state index in [1.165, 1.54) is 11.3 Å². The third-order valence-corrected chi connectivity index (χ3v) is 9.10. The molecule has 48 heavy (non-hydrogen) atoms. The molecule has 0 bridgehead atoms. The summed E-state index contributed by atoms with van der Waals surface area (Å²) < 4.78 is 11.5. The first-order valence-corrected chi connectivity index (χ1v) is 17.2. The summed E-state index contributed by atoms with van der Waals surface area (Å²) in [5.41, 5.74) is 4.20. The number of carbonyl (C=O) groups excluding carboxylic acids is 3. The highest BCUT2D eigenvalue weighted by molar-refractivity contribution is 7.17. The number of hydrogen-bond donors (Lipinski definition) is 1. The number of ether oxygens (including phenoxy) is 2. The van der Waals surface area contributed by atoms with Crippen LogP contribution in [0.25, 0.3) is 17.3 Å². The Bertz CT molecular complexity index is 1690. The molecular formula is C37H43N5O5S. The van der Waals surface area contributed by atoms with Gasteiger partial charge in [0.25, 0.3) is 17.7 Å². The van der Waals surface area contributed by atoms with Gasteiger partial charge in [0.2, 0.25) is 0 Å². The standard InChI is InChI=1S/C37H43N5O5S/c1-6-9-18-26-27(35(44)42(36(45)28(26)24-38)40-34(43)25-16-13-12-14-17-25)23-31-33(32-29(46-4)19-15-20-30(32)47-5)39-37(48-31)41(21-10-7-2)22-11-8-3/h12-17,19-20,23H,6-11,18,21-22H2,1-5H3,(H,40,43)/b27-23-. The van der Waals surface area contributed by atoms with E-state index in [0.29, 0.717) is 51.1 Å². The van der Waals surface area contributed by atoms with Gasteiger partial charge in [0.15, 0.2) is 5.13 Å². The van der Waals surface area contributed by atoms with Crippen LogP contribution in [0.2, 0.25) is 0 Å². The molecular weight excluding hydrogens is 627 g/mol. The second kappa shape index (κ2) is 17.3. The van der Waals surface area contributed by atoms with E-state index in [1.54, 1.807) is 50.6 Å². The number of nitrogens with one attached hydrogen (secondary N) is 1. The largest absolute Gasteiger partial charge is 0.496 e. The number of unbranched alkanes of at least 4 members (excludes halogenated alkanes) is 3. The first-order valence-electron chi connectivity index (χ1n) is 16.4. The number of aromatic nitrogens is 1. The molecule has 0 radical (unpaired) electrons. The molecule has 10 nitrogen and oxygen atoms in total. The zero-order valence-corrected chi connectivity index (χ0v) is 29.1. The van der Waals surface area contributed by atoms with Crippen molar-refractivity contribution in [2.75, 3.05) is 32.2 Å². The van der Waals surface area contributed by atoms with Crippen molar-refractivity contribution in [3.63, 3.8) is 0 Å². The summed E-state index contributed by atoms with van der Waals surface area (Å²) in [5, 5.41) is 11.7. The minimum absolute atomic E-state index is 0.145. The van der Waals surface area contributed by atoms with E-state index in [0.717, 1.165) is 50.3 Å². The number of imide groups is 1. The molecule has 3 amide bonds. The maximum Gasteiger partial charge on any atom is 0.290 e. The highest BCUT2D eigenvalue weighted by Crippen LogP contribution is 2.44. The second-order valence-corrected chi connectivity index (χ2v) is 12.3. The molecule has 2 aromatic carbocycles. The van der Waals surface area contributed by atoms with E-state index in [2.05, 4.69) is 24.2 Å². The third kappa shape index (κ3) is 7.94. The monoisotopic (exact) mass is 669 g/mol. The maximum absolute atomic E-state index is 14.3. The van der Waals surface area contributed by atoms with Crippen molar-refractivity contribution in [1.82, 2.24) is 15.4 Å². The average molecular weight is 670 g/mol. The van der Waals surface area contributed by atoms with Crippen LogP contribution in [0.3, 0.4) is 0 Å². The number of thiazole rings is 1. The Balaban J connectivity index is 1.96. The van der Waals surface area contributed by atoms with Crippen molar-refractivity contribution in [2.45, 2.75) is 65.7 Å². The number of benzene rings is 2. The van der Waals surface area contributed by atoms with Crippen molar-refractivity contribution in [2.24, 2.45) is 0 Å². The van der Waals surface area contributed by atoms with Crippen LogP contribution in [0.15, 0.2) is 65.3 Å². The van der Waals surface area contributed by atoms with E-state index in [9.17, 15) is 19.6 Å². The number of hydrogen-bond acceptors (Lipinski definition) is 9. The Hall–Kier alpha value is -4.95. The van der Waals surface area contributed by atoms with E-state index >= 15 is 0 Å². The third-order valence-electron chi connectivity index (χ3n) is 8.03. The normalized spacial score (nSPS) is 13.9. The van der Waals surface area contributed by atoms with Gasteiger partial charge in [-0.05, 0) is 61.6 Å². The van der Waals surface area contributed by atoms with Gasteiger partial charge >= 0.3 is 0 Å². The molecule has 1 aromatic heterocycles. The van der Waals surface area contributed by atoms with Gasteiger partial charge in [0.05, 0.1) is 30.4 Å². The molecule has 3 aromatic rings. The summed E-state index contributed by atoms with van der Waals surface area (Å²) in [6.07, 6.45) is 7.47. The van der Waals surface area contributed by atoms with Crippen LogP contribution >= 0.6 is 11.3 Å². The van der Waals surface area contributed by atoms with Crippen LogP contribution in [0.1, 0.15) is 81.0 Å². The van der Waals surface area contributed by atoms with Crippen molar-refractivity contribution >= 4 is 40.3 Å². The fourth-order valence-corrected chi connectivity index (χ4v) is 6.47. The number of rotatable bonds is 16. The van der Waals surface area contributed by atoms with Crippen LogP contribution < -0.4 is 19.8 Å². The fourth-order valence-electron chi connectivity index (χ4n) is 5.40. The lowest BCUT2D eigenvalue weighted by molar-refractivity contribution is -0.143. The molecule has 0 unspecified atom stereocenters. The SMILES string of the molecule is CCCCC1=C(C#N)C(=O)N(NC(=O)c2ccccc2)C(=O)/C1=C\c1sc(N(CCCC)CCCC)nc1-c1c(OC)cccc1OC. The molecule has 0 aliphatic carbocycles. The fraction of sp³-hybridized carbons (Fsp3) is 0.378. The van der Waals surface area contributed by atoms with Gasteiger partial charge in [0.1, 0.15) is 23.1 Å². The van der Waals surface area contributed by atoms with Crippen LogP contribution in [0.5, 0.6) is 11.5 Å². The quantitative estimate of drug-likeness (QED) is 0.124. The van der Waals surface area contributed by atoms with Crippen molar-refractivity contribution in [3.8, 4) is 28.8 Å². The molecule has 1 N–H and O–H groups in total. The number of nitriles is 1. The smallest absolute Gasteiger partial charge is 0.290 e. The minimum atomic E-state index is -0.864. The molecule has 0 saturated carbocycles. The lowest BCUT2D eigenvalue weighted by atomic mass is 9.90. The Morgan fingerprint density at radius 1 is 0.938 bits per heavy atom. The molecule has 0 saturated heterocycles. The van der Waals surface area contributed by atoms with E-state index < -0.39 is 17.7 Å². The number of nitrogens with zero attached hydrogens (tertiary/aromatic N) is 4. The predicted octanol–water partition coefficient (Wildman–Crippen LogP) is 7.34. The number of carbonyl (C=O) groups is 3. The van der Waals surface area contributed by atoms with Crippen LogP contribution in [0, 0.1) is 11.3 Å². The average Bonchev–Trinajstić information content (AvgIpc) is 3.53. The zero-order chi connectivity index (χ0) is 34.6. The van der Waals surface area contributed by atoms with Gasteiger partial charge in [-0.15, -0.1) is 0 Å². The lowest BCUT2D eigenvalue weighted by Gasteiger charge is -2.28. The highest BCUT2D eigenvalue weighted by Gasteiger charge is 2.39. The van der Waals surface area contributed by atoms with Gasteiger partial charge in [-0.1, -0.05) is 75.6 Å². The summed E-state index contributed by atoms with van der Waals surface area (Å²) in [5.74, 6) is -1.15. The number of amides is 3. The van der Waals surface area contributed by atoms with E-state index in [1.807, 2.05) is 31.2 Å². The minimum Gasteiger partial charge on any atom is -0.496 e. The Labute approximate surface area is 286 Å². The Kier molecular flexibility index (Phi) is 12.9. The molecule has 2 heterocycles. The Morgan fingerprint density at radius 2 is 1.56 bits per heavy atom. The zero-order valence-electron chi connectivity index (χ0n) is 28.3. The lowest BCUT2D eigenvalue weighted by Crippen LogP contribution is -2.53. The molecule has 0 spiro atoms. The van der Waals surface area contributed by atoms with Crippen molar-refractivity contribution in [1.29, 1.82) is 5.26 Å². The molecule has 1 aliphatic rings. The second-order valence-electron chi connectivity index (χ2n) is 11.3. The van der Waals surface area contributed by atoms with Gasteiger partial charge in [-0.3, -0.25) is 19.8 Å². The van der Waals surface area contributed by atoms with Crippen LogP contribution in [-0.4, -0.2) is 55.0 Å². The molecule has 252 valence electrons. The summed E-state index contributed by atoms with van der Waals surface area (Å²) in [4.78, 5) is 49.0. The topological polar surface area (TPSA) is 125 Å². The Morgan fingerprint density at radius 3 is 2.12 bits per heavy atom. The summed E-state index contributed by atoms with van der Waals surface area (Å²) in [6.45, 7) is 7.93. The van der Waals surface area contributed by atoms with Crippen molar-refractivity contribution < 1.29 is 23.9 Å². The first-order chi connectivity index (χ1) is 23.3. The molecule has 0 fully saturated rings. The first kappa shape index (κ1) is 35.9. The van der Waals surface area contributed by atoms with Crippen LogP contribution in [0.4, 0.5) is 5.13 Å². The van der Waals surface area contributed by atoms with Gasteiger partial charge in [-0.2, -0.15) is 10.3 Å². The maximum atomic E-state index is 14.3. The number of hydrazine groups is 1. The van der Waals surface area contributed by atoms with E-state index in [4.69, 9.17) is 14.5 Å². The van der Waals surface area contributed by atoms with Crippen molar-refractivity contribution in [3.05, 3.63) is 75.7 Å².